The number of thiol groups is 1. The highest BCUT2D eigenvalue weighted by Gasteiger charge is 2.57. The first-order chi connectivity index (χ1) is 29.9. The molecule has 0 aromatic heterocycles. The molecule has 4 aliphatic rings. The van der Waals surface area contributed by atoms with Crippen LogP contribution in [0.25, 0.3) is 0 Å². The highest BCUT2D eigenvalue weighted by Crippen LogP contribution is 2.61. The van der Waals surface area contributed by atoms with Crippen molar-refractivity contribution >= 4 is 69.0 Å². The molecule has 18 heteroatoms. The molecule has 0 aromatic carbocycles. The van der Waals surface area contributed by atoms with Crippen LogP contribution in [-0.4, -0.2) is 110 Å². The average molecular weight is 1020 g/mol. The van der Waals surface area contributed by atoms with E-state index in [2.05, 4.69) is 178 Å². The van der Waals surface area contributed by atoms with E-state index in [-0.39, 0.29) is 116 Å². The van der Waals surface area contributed by atoms with Crippen molar-refractivity contribution in [3.8, 4) is 0 Å². The second-order valence-electron chi connectivity index (χ2n) is 29.1. The molecule has 8 radical (unpaired) electrons. The number of rotatable bonds is 10. The van der Waals surface area contributed by atoms with Gasteiger partial charge < -0.3 is 32.9 Å². The van der Waals surface area contributed by atoms with Gasteiger partial charge in [-0.3, -0.25) is 9.05 Å². The second-order valence-corrected chi connectivity index (χ2v) is 34.7. The van der Waals surface area contributed by atoms with Gasteiger partial charge in [0, 0.05) is 35.8 Å². The van der Waals surface area contributed by atoms with Crippen molar-refractivity contribution < 1.29 is 46.5 Å². The van der Waals surface area contributed by atoms with E-state index in [0.717, 1.165) is 0 Å². The van der Waals surface area contributed by atoms with Gasteiger partial charge in [-0.2, -0.15) is 0 Å². The van der Waals surface area contributed by atoms with Gasteiger partial charge >= 0.3 is 13.5 Å². The molecular formula is C50H94B4O10P2S2. The van der Waals surface area contributed by atoms with Gasteiger partial charge in [-0.05, 0) is 78.8 Å². The van der Waals surface area contributed by atoms with Gasteiger partial charge in [0.25, 0.3) is 0 Å². The molecule has 0 amide bonds. The number of hydrogen-bond acceptors (Lipinski definition) is 10. The summed E-state index contributed by atoms with van der Waals surface area (Å²) in [4.78, 5) is 11.2. The van der Waals surface area contributed by atoms with Crippen LogP contribution in [0.5, 0.6) is 0 Å². The molecule has 388 valence electrons. The lowest BCUT2D eigenvalue weighted by Crippen LogP contribution is -2.43. The zero-order chi connectivity index (χ0) is 53.3. The Bertz CT molecular complexity index is 1630. The van der Waals surface area contributed by atoms with Crippen LogP contribution in [0, 0.1) is 78.8 Å². The van der Waals surface area contributed by atoms with Crippen molar-refractivity contribution in [2.75, 3.05) is 13.2 Å². The summed E-state index contributed by atoms with van der Waals surface area (Å²) in [6.45, 7) is 44.0. The molecule has 0 aromatic rings. The average Bonchev–Trinajstić information content (AvgIpc) is 3.81. The van der Waals surface area contributed by atoms with Crippen LogP contribution in [-0.2, 0) is 53.4 Å². The highest BCUT2D eigenvalue weighted by molar-refractivity contribution is 8.44. The van der Waals surface area contributed by atoms with Crippen LogP contribution in [0.2, 0.25) is 0 Å². The van der Waals surface area contributed by atoms with E-state index in [1.807, 2.05) is 0 Å². The van der Waals surface area contributed by atoms with Gasteiger partial charge in [0.05, 0.1) is 49.8 Å². The van der Waals surface area contributed by atoms with Crippen LogP contribution in [0.3, 0.4) is 0 Å². The molecule has 1 N–H and O–H groups in total. The molecule has 6 unspecified atom stereocenters. The summed E-state index contributed by atoms with van der Waals surface area (Å²) in [6.07, 6.45) is -2.30. The minimum Gasteiger partial charge on any atom is -0.382 e. The predicted octanol–water partition coefficient (Wildman–Crippen LogP) is 11.7. The van der Waals surface area contributed by atoms with Crippen molar-refractivity contribution in [2.45, 2.75) is 227 Å². The zero-order valence-electron chi connectivity index (χ0n) is 46.8. The summed E-state index contributed by atoms with van der Waals surface area (Å²) in [5.74, 6) is 0.172. The van der Waals surface area contributed by atoms with E-state index in [1.54, 1.807) is 0 Å². The standard InChI is InChI=1S/2C25H47B2O5PS/c2*1-22(2,3)15-14(30-20(26)16(15)23(4,5)6)13-29-33(28,34)32-18-17(24(7,8)9)21(27)31-19(18)25(10,11)12/h2*14-21H,13H2,1-12H3,(H,28,34)/t2*14-,15+,16?,17?,18-,19+,20-,21-,33?/m11/s1. The van der Waals surface area contributed by atoms with Crippen LogP contribution in [0.4, 0.5) is 0 Å². The molecule has 0 spiro atoms. The van der Waals surface area contributed by atoms with Gasteiger partial charge in [0.1, 0.15) is 31.4 Å². The smallest absolute Gasteiger partial charge is 0.382 e. The van der Waals surface area contributed by atoms with Crippen molar-refractivity contribution in [1.29, 1.82) is 0 Å². The quantitative estimate of drug-likeness (QED) is 0.124. The molecule has 68 heavy (non-hydrogen) atoms. The number of hydrogen-bond donors (Lipinski definition) is 2. The maximum Gasteiger partial charge on any atom is 0.386 e. The van der Waals surface area contributed by atoms with E-state index in [0.29, 0.717) is 0 Å². The lowest BCUT2D eigenvalue weighted by molar-refractivity contribution is -0.0390. The maximum atomic E-state index is 13.5. The third kappa shape index (κ3) is 16.1. The zero-order valence-corrected chi connectivity index (χ0v) is 50.3. The van der Waals surface area contributed by atoms with Crippen LogP contribution < -0.4 is 0 Å². The monoisotopic (exact) mass is 1020 g/mol. The summed E-state index contributed by atoms with van der Waals surface area (Å²) >= 11 is 9.88. The molecule has 4 heterocycles. The molecule has 4 aliphatic heterocycles. The lowest BCUT2D eigenvalue weighted by atomic mass is 9.59. The van der Waals surface area contributed by atoms with Crippen LogP contribution in [0.15, 0.2) is 0 Å². The summed E-state index contributed by atoms with van der Waals surface area (Å²) < 4.78 is 62.4. The number of ether oxygens (including phenoxy) is 4. The normalized spacial score (nSPS) is 37.7. The Balaban J connectivity index is 0.000000360. The molecular weight excluding hydrogens is 930 g/mol. The fourth-order valence-corrected chi connectivity index (χ4v) is 14.8. The topological polar surface area (TPSA) is 111 Å². The Morgan fingerprint density at radius 1 is 0.441 bits per heavy atom. The Kier molecular flexibility index (Phi) is 20.2. The minimum atomic E-state index is -3.76. The van der Waals surface area contributed by atoms with E-state index >= 15 is 0 Å². The van der Waals surface area contributed by atoms with Crippen molar-refractivity contribution in [3.05, 3.63) is 0 Å². The van der Waals surface area contributed by atoms with Crippen molar-refractivity contribution in [3.63, 3.8) is 0 Å². The molecule has 0 saturated carbocycles. The Morgan fingerprint density at radius 2 is 0.706 bits per heavy atom. The predicted molar refractivity (Wildman–Crippen MR) is 289 cm³/mol. The molecule has 4 fully saturated rings. The maximum absolute atomic E-state index is 13.5. The summed E-state index contributed by atoms with van der Waals surface area (Å²) in [5, 5.41) is 0. The van der Waals surface area contributed by atoms with Gasteiger partial charge in [0.15, 0.2) is 0 Å². The summed E-state index contributed by atoms with van der Waals surface area (Å²) in [6, 6.07) is -1.88. The van der Waals surface area contributed by atoms with Crippen LogP contribution >= 0.6 is 25.8 Å². The third-order valence-corrected chi connectivity index (χ3v) is 17.8. The van der Waals surface area contributed by atoms with E-state index in [9.17, 15) is 9.46 Å². The Labute approximate surface area is 432 Å². The Morgan fingerprint density at radius 3 is 0.985 bits per heavy atom. The second kappa shape index (κ2) is 21.6. The summed E-state index contributed by atoms with van der Waals surface area (Å²) in [5.41, 5.74) is -1.20. The fraction of sp³-hybridized carbons (Fsp3) is 1.00. The lowest BCUT2D eigenvalue weighted by Gasteiger charge is -2.42. The largest absolute Gasteiger partial charge is 0.386 e. The minimum absolute atomic E-state index is 0.0425. The van der Waals surface area contributed by atoms with Crippen molar-refractivity contribution in [1.82, 2.24) is 0 Å². The SMILES string of the molecule is [B][C@@H]1O[C@H](C(C)(C)C)[C@H](OP(=O)(S)OC[C@H]2O[C@@H]([B])C(C(C)(C)C)[C@H]2C(C)(C)C)C1C(C)(C)C.[B][C@@H]1O[C@H](C(C)(C)C)[C@H](OP(O)(=S)OC[C@H]2O[C@@H]([B])C(C(C)(C)C)[C@H]2C(C)(C)C)C1C(C)(C)C. The van der Waals surface area contributed by atoms with Gasteiger partial charge in [-0.25, -0.2) is 4.57 Å². The van der Waals surface area contributed by atoms with Gasteiger partial charge in [0.2, 0.25) is 0 Å². The molecule has 4 rings (SSSR count). The van der Waals surface area contributed by atoms with E-state index in [1.165, 1.54) is 0 Å². The highest BCUT2D eigenvalue weighted by atomic mass is 32.7. The van der Waals surface area contributed by atoms with Gasteiger partial charge in [-0.15, -0.1) is 0 Å². The first-order valence-electron chi connectivity index (χ1n) is 24.9. The third-order valence-electron chi connectivity index (χ3n) is 14.6. The Hall–Kier alpha value is 1.13. The summed E-state index contributed by atoms with van der Waals surface area (Å²) in [7, 11) is 25.6. The molecule has 4 saturated heterocycles. The fourth-order valence-electron chi connectivity index (χ4n) is 11.9. The van der Waals surface area contributed by atoms with Crippen LogP contribution in [0.1, 0.15) is 166 Å². The molecule has 0 aliphatic carbocycles. The first-order valence-corrected chi connectivity index (χ1v) is 30.2. The van der Waals surface area contributed by atoms with Crippen molar-refractivity contribution in [2.24, 2.45) is 78.8 Å². The first kappa shape index (κ1) is 63.4. The molecule has 18 atom stereocenters. The molecule has 10 nitrogen and oxygen atoms in total. The molecule has 0 bridgehead atoms. The van der Waals surface area contributed by atoms with Gasteiger partial charge in [-0.1, -0.05) is 178 Å². The van der Waals surface area contributed by atoms with E-state index in [4.69, 9.17) is 80.2 Å². The van der Waals surface area contributed by atoms with E-state index < -0.39 is 49.7 Å².